The van der Waals surface area contributed by atoms with Crippen molar-refractivity contribution >= 4 is 11.7 Å². The van der Waals surface area contributed by atoms with Crippen molar-refractivity contribution in [2.45, 2.75) is 38.1 Å². The first-order chi connectivity index (χ1) is 11.8. The molecule has 2 aliphatic rings. The van der Waals surface area contributed by atoms with Gasteiger partial charge in [-0.25, -0.2) is 4.98 Å². The molecule has 1 unspecified atom stereocenters. The van der Waals surface area contributed by atoms with Crippen LogP contribution in [0.25, 0.3) is 0 Å². The SMILES string of the molecule is CNC(=O)c1cccnc1N1CCCC(c2nnc3n2CCC3)C1. The molecule has 0 spiro atoms. The monoisotopic (exact) mass is 326 g/mol. The Morgan fingerprint density at radius 3 is 3.08 bits per heavy atom. The fraction of sp³-hybridized carbons (Fsp3) is 0.529. The highest BCUT2D eigenvalue weighted by atomic mass is 16.1. The Kier molecular flexibility index (Phi) is 3.92. The highest BCUT2D eigenvalue weighted by Crippen LogP contribution is 2.31. The van der Waals surface area contributed by atoms with Gasteiger partial charge in [0.05, 0.1) is 5.56 Å². The molecule has 2 aromatic heterocycles. The number of hydrogen-bond donors (Lipinski definition) is 1. The number of nitrogens with zero attached hydrogens (tertiary/aromatic N) is 5. The van der Waals surface area contributed by atoms with E-state index in [2.05, 4.69) is 30.0 Å². The van der Waals surface area contributed by atoms with E-state index in [4.69, 9.17) is 0 Å². The second-order valence-electron chi connectivity index (χ2n) is 6.47. The van der Waals surface area contributed by atoms with Crippen molar-refractivity contribution in [3.05, 3.63) is 35.5 Å². The van der Waals surface area contributed by atoms with E-state index in [1.165, 1.54) is 0 Å². The van der Waals surface area contributed by atoms with Crippen LogP contribution in [0, 0.1) is 0 Å². The molecule has 7 heteroatoms. The molecular formula is C17H22N6O. The fourth-order valence-electron chi connectivity index (χ4n) is 3.82. The van der Waals surface area contributed by atoms with E-state index in [-0.39, 0.29) is 5.91 Å². The summed E-state index contributed by atoms with van der Waals surface area (Å²) < 4.78 is 2.28. The van der Waals surface area contributed by atoms with Crippen molar-refractivity contribution in [3.63, 3.8) is 0 Å². The number of pyridine rings is 1. The van der Waals surface area contributed by atoms with Crippen LogP contribution >= 0.6 is 0 Å². The van der Waals surface area contributed by atoms with Gasteiger partial charge in [-0.3, -0.25) is 4.79 Å². The molecule has 2 aromatic rings. The topological polar surface area (TPSA) is 75.9 Å². The molecule has 1 amide bonds. The zero-order chi connectivity index (χ0) is 16.5. The third kappa shape index (κ3) is 2.53. The number of piperidine rings is 1. The third-order valence-corrected chi connectivity index (χ3v) is 4.98. The summed E-state index contributed by atoms with van der Waals surface area (Å²) in [5, 5.41) is 11.5. The van der Waals surface area contributed by atoms with Gasteiger partial charge in [0.2, 0.25) is 0 Å². The molecule has 1 fully saturated rings. The normalized spacial score (nSPS) is 20.0. The molecule has 1 saturated heterocycles. The molecule has 0 bridgehead atoms. The van der Waals surface area contributed by atoms with Crippen LogP contribution in [0.1, 0.15) is 47.2 Å². The molecular weight excluding hydrogens is 304 g/mol. The van der Waals surface area contributed by atoms with Gasteiger partial charge in [0, 0.05) is 45.2 Å². The van der Waals surface area contributed by atoms with Gasteiger partial charge in [-0.1, -0.05) is 0 Å². The minimum atomic E-state index is -0.0939. The predicted molar refractivity (Wildman–Crippen MR) is 90.2 cm³/mol. The zero-order valence-electron chi connectivity index (χ0n) is 13.9. The lowest BCUT2D eigenvalue weighted by molar-refractivity contribution is 0.0963. The molecule has 4 rings (SSSR count). The number of anilines is 1. The molecule has 0 aromatic carbocycles. The van der Waals surface area contributed by atoms with Crippen molar-refractivity contribution in [1.82, 2.24) is 25.1 Å². The number of amides is 1. The number of aryl methyl sites for hydroxylation is 1. The molecule has 0 radical (unpaired) electrons. The lowest BCUT2D eigenvalue weighted by Crippen LogP contribution is -2.37. The standard InChI is InChI=1S/C17H22N6O/c1-18-17(24)13-6-2-8-19-16(13)22-9-3-5-12(11-22)15-21-20-14-7-4-10-23(14)15/h2,6,8,12H,3-5,7,9-11H2,1H3,(H,18,24). The smallest absolute Gasteiger partial charge is 0.254 e. The number of carbonyl (C=O) groups is 1. The fourth-order valence-corrected chi connectivity index (χ4v) is 3.82. The Labute approximate surface area is 141 Å². The Morgan fingerprint density at radius 1 is 1.29 bits per heavy atom. The van der Waals surface area contributed by atoms with Crippen LogP contribution in [0.2, 0.25) is 0 Å². The maximum atomic E-state index is 12.1. The molecule has 7 nitrogen and oxygen atoms in total. The maximum absolute atomic E-state index is 12.1. The van der Waals surface area contributed by atoms with E-state index in [0.29, 0.717) is 11.5 Å². The third-order valence-electron chi connectivity index (χ3n) is 4.98. The van der Waals surface area contributed by atoms with Gasteiger partial charge in [-0.15, -0.1) is 10.2 Å². The minimum Gasteiger partial charge on any atom is -0.355 e. The largest absolute Gasteiger partial charge is 0.355 e. The van der Waals surface area contributed by atoms with Crippen LogP contribution in [0.4, 0.5) is 5.82 Å². The number of hydrogen-bond acceptors (Lipinski definition) is 5. The maximum Gasteiger partial charge on any atom is 0.254 e. The van der Waals surface area contributed by atoms with Crippen LogP contribution in [-0.4, -0.2) is 45.8 Å². The second-order valence-corrected chi connectivity index (χ2v) is 6.47. The van der Waals surface area contributed by atoms with Crippen LogP contribution < -0.4 is 10.2 Å². The van der Waals surface area contributed by atoms with Crippen LogP contribution in [0.5, 0.6) is 0 Å². The van der Waals surface area contributed by atoms with E-state index in [1.807, 2.05) is 6.07 Å². The lowest BCUT2D eigenvalue weighted by Gasteiger charge is -2.34. The number of nitrogens with one attached hydrogen (secondary N) is 1. The molecule has 126 valence electrons. The summed E-state index contributed by atoms with van der Waals surface area (Å²) in [6.07, 6.45) is 6.12. The van der Waals surface area contributed by atoms with Gasteiger partial charge >= 0.3 is 0 Å². The Morgan fingerprint density at radius 2 is 2.21 bits per heavy atom. The summed E-state index contributed by atoms with van der Waals surface area (Å²) >= 11 is 0. The Bertz CT molecular complexity index is 755. The summed E-state index contributed by atoms with van der Waals surface area (Å²) in [5.41, 5.74) is 0.632. The number of fused-ring (bicyclic) bond motifs is 1. The van der Waals surface area contributed by atoms with Crippen LogP contribution in [0.15, 0.2) is 18.3 Å². The van der Waals surface area contributed by atoms with Gasteiger partial charge in [0.15, 0.2) is 0 Å². The minimum absolute atomic E-state index is 0.0939. The number of rotatable bonds is 3. The lowest BCUT2D eigenvalue weighted by atomic mass is 9.96. The average Bonchev–Trinajstić information content (AvgIpc) is 3.24. The molecule has 24 heavy (non-hydrogen) atoms. The van der Waals surface area contributed by atoms with E-state index < -0.39 is 0 Å². The van der Waals surface area contributed by atoms with Gasteiger partial charge in [-0.2, -0.15) is 0 Å². The first-order valence-electron chi connectivity index (χ1n) is 8.62. The van der Waals surface area contributed by atoms with Crippen LogP contribution in [-0.2, 0) is 13.0 Å². The molecule has 1 atom stereocenters. The van der Waals surface area contributed by atoms with E-state index >= 15 is 0 Å². The highest BCUT2D eigenvalue weighted by Gasteiger charge is 2.30. The quantitative estimate of drug-likeness (QED) is 0.922. The average molecular weight is 326 g/mol. The van der Waals surface area contributed by atoms with E-state index in [0.717, 1.165) is 62.8 Å². The summed E-state index contributed by atoms with van der Waals surface area (Å²) in [5.74, 6) is 3.24. The van der Waals surface area contributed by atoms with Gasteiger partial charge in [-0.05, 0) is 31.4 Å². The summed E-state index contributed by atoms with van der Waals surface area (Å²) in [6, 6.07) is 3.64. The predicted octanol–water partition coefficient (Wildman–Crippen LogP) is 1.36. The first-order valence-corrected chi connectivity index (χ1v) is 8.62. The van der Waals surface area contributed by atoms with E-state index in [9.17, 15) is 4.79 Å². The van der Waals surface area contributed by atoms with Gasteiger partial charge < -0.3 is 14.8 Å². The Hall–Kier alpha value is -2.44. The highest BCUT2D eigenvalue weighted by molar-refractivity contribution is 5.98. The first kappa shape index (κ1) is 15.1. The molecule has 0 saturated carbocycles. The van der Waals surface area contributed by atoms with Crippen molar-refractivity contribution in [2.75, 3.05) is 25.0 Å². The van der Waals surface area contributed by atoms with Crippen molar-refractivity contribution in [2.24, 2.45) is 0 Å². The van der Waals surface area contributed by atoms with Crippen LogP contribution in [0.3, 0.4) is 0 Å². The molecule has 2 aliphatic heterocycles. The number of aromatic nitrogens is 4. The zero-order valence-corrected chi connectivity index (χ0v) is 13.9. The van der Waals surface area contributed by atoms with Gasteiger partial charge in [0.25, 0.3) is 5.91 Å². The van der Waals surface area contributed by atoms with E-state index in [1.54, 1.807) is 19.3 Å². The number of carbonyl (C=O) groups excluding carboxylic acids is 1. The van der Waals surface area contributed by atoms with Gasteiger partial charge in [0.1, 0.15) is 17.5 Å². The molecule has 4 heterocycles. The van der Waals surface area contributed by atoms with Crippen molar-refractivity contribution in [3.8, 4) is 0 Å². The summed E-state index contributed by atoms with van der Waals surface area (Å²) in [7, 11) is 1.65. The van der Waals surface area contributed by atoms with Crippen molar-refractivity contribution < 1.29 is 4.79 Å². The van der Waals surface area contributed by atoms with Crippen molar-refractivity contribution in [1.29, 1.82) is 0 Å². The molecule has 0 aliphatic carbocycles. The molecule has 1 N–H and O–H groups in total. The second kappa shape index (κ2) is 6.22. The summed E-state index contributed by atoms with van der Waals surface area (Å²) in [4.78, 5) is 18.8. The Balaban J connectivity index is 1.61. The summed E-state index contributed by atoms with van der Waals surface area (Å²) in [6.45, 7) is 2.78.